The van der Waals surface area contributed by atoms with Gasteiger partial charge in [0.1, 0.15) is 5.69 Å². The van der Waals surface area contributed by atoms with Crippen LogP contribution in [0.2, 0.25) is 0 Å². The number of nitrogens with zero attached hydrogens (tertiary/aromatic N) is 3. The average molecular weight is 269 g/mol. The standard InChI is InChI=1S/C9H9BrN4O/c1-2-11-9-13-8(14-15-9)7-4-3-6(10)5-12-7/h3-5H,2H2,1H3,(H,11,13,14). The molecule has 0 aliphatic heterocycles. The molecule has 0 saturated carbocycles. The van der Waals surface area contributed by atoms with Gasteiger partial charge in [-0.25, -0.2) is 0 Å². The maximum atomic E-state index is 4.97. The van der Waals surface area contributed by atoms with Gasteiger partial charge in [0.2, 0.25) is 5.82 Å². The molecule has 0 unspecified atom stereocenters. The summed E-state index contributed by atoms with van der Waals surface area (Å²) in [6.07, 6.45) is 1.69. The average Bonchev–Trinajstić information content (AvgIpc) is 2.68. The Balaban J connectivity index is 2.25. The molecule has 1 N–H and O–H groups in total. The number of nitrogens with one attached hydrogen (secondary N) is 1. The molecule has 2 rings (SSSR count). The molecule has 6 heteroatoms. The number of rotatable bonds is 3. The molecule has 2 aromatic heterocycles. The van der Waals surface area contributed by atoms with E-state index in [1.54, 1.807) is 6.20 Å². The van der Waals surface area contributed by atoms with Crippen LogP contribution in [0.25, 0.3) is 11.5 Å². The number of halogens is 1. The third kappa shape index (κ3) is 2.33. The van der Waals surface area contributed by atoms with E-state index in [2.05, 4.69) is 36.4 Å². The normalized spacial score (nSPS) is 10.3. The van der Waals surface area contributed by atoms with Gasteiger partial charge in [0.05, 0.1) is 0 Å². The SMILES string of the molecule is CCNc1nc(-c2ccc(Br)cn2)no1. The second kappa shape index (κ2) is 4.39. The minimum absolute atomic E-state index is 0.414. The summed E-state index contributed by atoms with van der Waals surface area (Å²) < 4.78 is 5.88. The smallest absolute Gasteiger partial charge is 0.321 e. The van der Waals surface area contributed by atoms with Crippen LogP contribution in [0.15, 0.2) is 27.3 Å². The molecule has 2 aromatic rings. The van der Waals surface area contributed by atoms with Crippen molar-refractivity contribution in [2.24, 2.45) is 0 Å². The van der Waals surface area contributed by atoms with Gasteiger partial charge in [-0.05, 0) is 35.0 Å². The summed E-state index contributed by atoms with van der Waals surface area (Å²) in [6, 6.07) is 4.12. The van der Waals surface area contributed by atoms with Crippen molar-refractivity contribution < 1.29 is 4.52 Å². The molecule has 0 amide bonds. The van der Waals surface area contributed by atoms with Crippen LogP contribution in [-0.2, 0) is 0 Å². The van der Waals surface area contributed by atoms with Gasteiger partial charge in [-0.1, -0.05) is 5.16 Å². The third-order valence-electron chi connectivity index (χ3n) is 1.71. The molecule has 0 fully saturated rings. The second-order valence-electron chi connectivity index (χ2n) is 2.82. The Kier molecular flexibility index (Phi) is 2.96. The minimum atomic E-state index is 0.414. The fourth-order valence-electron chi connectivity index (χ4n) is 1.06. The molecule has 2 heterocycles. The van der Waals surface area contributed by atoms with E-state index in [1.165, 1.54) is 0 Å². The summed E-state index contributed by atoms with van der Waals surface area (Å²) in [7, 11) is 0. The first-order valence-electron chi connectivity index (χ1n) is 4.49. The maximum absolute atomic E-state index is 4.97. The maximum Gasteiger partial charge on any atom is 0.321 e. The second-order valence-corrected chi connectivity index (χ2v) is 3.73. The fraction of sp³-hybridized carbons (Fsp3) is 0.222. The Morgan fingerprint density at radius 3 is 3.00 bits per heavy atom. The lowest BCUT2D eigenvalue weighted by Gasteiger charge is -1.92. The molecular weight excluding hydrogens is 260 g/mol. The molecule has 0 bridgehead atoms. The van der Waals surface area contributed by atoms with Gasteiger partial charge in [-0.2, -0.15) is 4.98 Å². The van der Waals surface area contributed by atoms with E-state index in [0.29, 0.717) is 17.5 Å². The summed E-state index contributed by atoms with van der Waals surface area (Å²) in [5.41, 5.74) is 0.686. The molecule has 0 saturated heterocycles. The molecule has 78 valence electrons. The summed E-state index contributed by atoms with van der Waals surface area (Å²) >= 11 is 3.31. The highest BCUT2D eigenvalue weighted by atomic mass is 79.9. The number of aromatic nitrogens is 3. The number of pyridine rings is 1. The van der Waals surface area contributed by atoms with Gasteiger partial charge in [0.25, 0.3) is 0 Å². The van der Waals surface area contributed by atoms with E-state index in [1.807, 2.05) is 19.1 Å². The van der Waals surface area contributed by atoms with E-state index in [-0.39, 0.29) is 0 Å². The first kappa shape index (κ1) is 10.1. The Morgan fingerprint density at radius 1 is 1.47 bits per heavy atom. The van der Waals surface area contributed by atoms with Crippen molar-refractivity contribution >= 4 is 21.9 Å². The largest absolute Gasteiger partial charge is 0.338 e. The lowest BCUT2D eigenvalue weighted by atomic mass is 10.3. The van der Waals surface area contributed by atoms with Crippen LogP contribution in [0.3, 0.4) is 0 Å². The molecule has 15 heavy (non-hydrogen) atoms. The van der Waals surface area contributed by atoms with Gasteiger partial charge < -0.3 is 9.84 Å². The highest BCUT2D eigenvalue weighted by Gasteiger charge is 2.08. The molecule has 0 aromatic carbocycles. The van der Waals surface area contributed by atoms with Crippen LogP contribution in [0.5, 0.6) is 0 Å². The zero-order valence-electron chi connectivity index (χ0n) is 8.07. The van der Waals surface area contributed by atoms with Crippen molar-refractivity contribution in [2.75, 3.05) is 11.9 Å². The Hall–Kier alpha value is -1.43. The lowest BCUT2D eigenvalue weighted by molar-refractivity contribution is 0.432. The summed E-state index contributed by atoms with van der Waals surface area (Å²) in [6.45, 7) is 2.71. The van der Waals surface area contributed by atoms with Crippen LogP contribution >= 0.6 is 15.9 Å². The quantitative estimate of drug-likeness (QED) is 0.926. The Labute approximate surface area is 95.0 Å². The topological polar surface area (TPSA) is 63.8 Å². The zero-order chi connectivity index (χ0) is 10.7. The van der Waals surface area contributed by atoms with Crippen molar-refractivity contribution in [1.29, 1.82) is 0 Å². The van der Waals surface area contributed by atoms with Crippen LogP contribution in [0.1, 0.15) is 6.92 Å². The minimum Gasteiger partial charge on any atom is -0.338 e. The van der Waals surface area contributed by atoms with Gasteiger partial charge in [-0.15, -0.1) is 0 Å². The van der Waals surface area contributed by atoms with Crippen molar-refractivity contribution in [3.05, 3.63) is 22.8 Å². The monoisotopic (exact) mass is 268 g/mol. The van der Waals surface area contributed by atoms with Crippen molar-refractivity contribution in [3.63, 3.8) is 0 Å². The molecular formula is C9H9BrN4O. The Bertz CT molecular complexity index is 440. The van der Waals surface area contributed by atoms with Crippen LogP contribution in [-0.4, -0.2) is 21.7 Å². The van der Waals surface area contributed by atoms with E-state index in [0.717, 1.165) is 11.0 Å². The van der Waals surface area contributed by atoms with Gasteiger partial charge in [-0.3, -0.25) is 4.98 Å². The highest BCUT2D eigenvalue weighted by Crippen LogP contribution is 2.17. The van der Waals surface area contributed by atoms with E-state index in [4.69, 9.17) is 4.52 Å². The first-order chi connectivity index (χ1) is 7.29. The first-order valence-corrected chi connectivity index (χ1v) is 5.28. The summed E-state index contributed by atoms with van der Waals surface area (Å²) in [5.74, 6) is 0.485. The number of hydrogen-bond donors (Lipinski definition) is 1. The summed E-state index contributed by atoms with van der Waals surface area (Å²) in [5, 5.41) is 6.74. The van der Waals surface area contributed by atoms with Gasteiger partial charge in [0, 0.05) is 17.2 Å². The van der Waals surface area contributed by atoms with E-state index in [9.17, 15) is 0 Å². The van der Waals surface area contributed by atoms with Crippen molar-refractivity contribution in [2.45, 2.75) is 6.92 Å². The molecule has 0 atom stereocenters. The fourth-order valence-corrected chi connectivity index (χ4v) is 1.29. The number of hydrogen-bond acceptors (Lipinski definition) is 5. The van der Waals surface area contributed by atoms with E-state index >= 15 is 0 Å². The van der Waals surface area contributed by atoms with Gasteiger partial charge in [0.15, 0.2) is 0 Å². The highest BCUT2D eigenvalue weighted by molar-refractivity contribution is 9.10. The lowest BCUT2D eigenvalue weighted by Crippen LogP contribution is -1.96. The number of anilines is 1. The predicted octanol–water partition coefficient (Wildman–Crippen LogP) is 2.33. The molecule has 0 spiro atoms. The summed E-state index contributed by atoms with van der Waals surface area (Å²) in [4.78, 5) is 8.30. The van der Waals surface area contributed by atoms with Gasteiger partial charge >= 0.3 is 6.01 Å². The van der Waals surface area contributed by atoms with Crippen molar-refractivity contribution in [1.82, 2.24) is 15.1 Å². The molecule has 0 radical (unpaired) electrons. The molecule has 5 nitrogen and oxygen atoms in total. The predicted molar refractivity (Wildman–Crippen MR) is 59.4 cm³/mol. The Morgan fingerprint density at radius 2 is 2.33 bits per heavy atom. The third-order valence-corrected chi connectivity index (χ3v) is 2.18. The van der Waals surface area contributed by atoms with Crippen LogP contribution in [0, 0.1) is 0 Å². The molecule has 0 aliphatic rings. The molecule has 0 aliphatic carbocycles. The van der Waals surface area contributed by atoms with Crippen molar-refractivity contribution in [3.8, 4) is 11.5 Å². The zero-order valence-corrected chi connectivity index (χ0v) is 9.65. The van der Waals surface area contributed by atoms with E-state index < -0.39 is 0 Å². The van der Waals surface area contributed by atoms with Crippen LogP contribution in [0.4, 0.5) is 6.01 Å². The van der Waals surface area contributed by atoms with Crippen LogP contribution < -0.4 is 5.32 Å².